The van der Waals surface area contributed by atoms with E-state index in [9.17, 15) is 4.79 Å². The van der Waals surface area contributed by atoms with Crippen LogP contribution in [-0.4, -0.2) is 12.5 Å². The first-order valence-electron chi connectivity index (χ1n) is 3.80. The van der Waals surface area contributed by atoms with Gasteiger partial charge in [-0.15, -0.1) is 0 Å². The van der Waals surface area contributed by atoms with Gasteiger partial charge in [-0.3, -0.25) is 4.79 Å². The lowest BCUT2D eigenvalue weighted by molar-refractivity contribution is -0.120. The first-order valence-corrected chi connectivity index (χ1v) is 4.74. The van der Waals surface area contributed by atoms with E-state index in [1.54, 1.807) is 11.3 Å². The SMILES string of the molecule is CCNC(C(N)=O)c1ccsc1. The molecule has 12 heavy (non-hydrogen) atoms. The quantitative estimate of drug-likeness (QED) is 0.730. The fraction of sp³-hybridized carbons (Fsp3) is 0.375. The summed E-state index contributed by atoms with van der Waals surface area (Å²) in [6.45, 7) is 2.69. The van der Waals surface area contributed by atoms with Gasteiger partial charge in [0.2, 0.25) is 5.91 Å². The van der Waals surface area contributed by atoms with Gasteiger partial charge in [-0.05, 0) is 28.9 Å². The number of thiophene rings is 1. The molecule has 66 valence electrons. The van der Waals surface area contributed by atoms with Crippen molar-refractivity contribution in [3.05, 3.63) is 22.4 Å². The van der Waals surface area contributed by atoms with Gasteiger partial charge in [0.25, 0.3) is 0 Å². The molecule has 0 bridgehead atoms. The van der Waals surface area contributed by atoms with Gasteiger partial charge in [0.1, 0.15) is 6.04 Å². The van der Waals surface area contributed by atoms with E-state index in [0.717, 1.165) is 12.1 Å². The van der Waals surface area contributed by atoms with Crippen molar-refractivity contribution in [3.8, 4) is 0 Å². The molecule has 1 amide bonds. The molecule has 0 aromatic carbocycles. The Balaban J connectivity index is 2.73. The molecule has 0 aliphatic rings. The predicted molar refractivity (Wildman–Crippen MR) is 49.9 cm³/mol. The van der Waals surface area contributed by atoms with E-state index < -0.39 is 0 Å². The number of nitrogens with one attached hydrogen (secondary N) is 1. The van der Waals surface area contributed by atoms with Gasteiger partial charge in [0, 0.05) is 0 Å². The fourth-order valence-corrected chi connectivity index (χ4v) is 1.71. The Labute approximate surface area is 75.6 Å². The molecule has 0 saturated carbocycles. The number of rotatable bonds is 4. The fourth-order valence-electron chi connectivity index (χ4n) is 1.03. The first-order chi connectivity index (χ1) is 5.75. The Kier molecular flexibility index (Phi) is 3.25. The highest BCUT2D eigenvalue weighted by molar-refractivity contribution is 7.08. The van der Waals surface area contributed by atoms with Crippen LogP contribution in [0.1, 0.15) is 18.5 Å². The lowest BCUT2D eigenvalue weighted by Crippen LogP contribution is -2.33. The van der Waals surface area contributed by atoms with Crippen LogP contribution < -0.4 is 11.1 Å². The summed E-state index contributed by atoms with van der Waals surface area (Å²) in [6, 6.07) is 1.57. The van der Waals surface area contributed by atoms with Crippen LogP contribution in [0.25, 0.3) is 0 Å². The number of amides is 1. The topological polar surface area (TPSA) is 55.1 Å². The smallest absolute Gasteiger partial charge is 0.239 e. The van der Waals surface area contributed by atoms with Gasteiger partial charge in [0.15, 0.2) is 0 Å². The minimum Gasteiger partial charge on any atom is -0.368 e. The van der Waals surface area contributed by atoms with E-state index in [-0.39, 0.29) is 11.9 Å². The Hall–Kier alpha value is -0.870. The molecule has 0 aliphatic heterocycles. The van der Waals surface area contributed by atoms with Gasteiger partial charge >= 0.3 is 0 Å². The van der Waals surface area contributed by atoms with Gasteiger partial charge in [-0.2, -0.15) is 11.3 Å². The Bertz CT molecular complexity index is 246. The minimum absolute atomic E-state index is 0.324. The lowest BCUT2D eigenvalue weighted by Gasteiger charge is -2.11. The van der Waals surface area contributed by atoms with E-state index in [1.165, 1.54) is 0 Å². The molecule has 1 rings (SSSR count). The van der Waals surface area contributed by atoms with Crippen LogP contribution in [0.5, 0.6) is 0 Å². The second-order valence-electron chi connectivity index (χ2n) is 2.45. The summed E-state index contributed by atoms with van der Waals surface area (Å²) in [7, 11) is 0. The number of primary amides is 1. The molecule has 3 nitrogen and oxygen atoms in total. The molecule has 0 aliphatic carbocycles. The number of hydrogen-bond acceptors (Lipinski definition) is 3. The zero-order valence-electron chi connectivity index (χ0n) is 6.91. The van der Waals surface area contributed by atoms with Gasteiger partial charge in [-0.1, -0.05) is 6.92 Å². The highest BCUT2D eigenvalue weighted by atomic mass is 32.1. The van der Waals surface area contributed by atoms with Crippen LogP contribution >= 0.6 is 11.3 Å². The van der Waals surface area contributed by atoms with Gasteiger partial charge < -0.3 is 11.1 Å². The van der Waals surface area contributed by atoms with Crippen molar-refractivity contribution >= 4 is 17.2 Å². The number of carbonyl (C=O) groups excluding carboxylic acids is 1. The monoisotopic (exact) mass is 184 g/mol. The summed E-state index contributed by atoms with van der Waals surface area (Å²) in [5, 5.41) is 6.88. The number of carbonyl (C=O) groups is 1. The maximum absolute atomic E-state index is 11.0. The largest absolute Gasteiger partial charge is 0.368 e. The van der Waals surface area contributed by atoms with Crippen molar-refractivity contribution < 1.29 is 4.79 Å². The average Bonchev–Trinajstić information content (AvgIpc) is 2.51. The third-order valence-corrected chi connectivity index (χ3v) is 2.27. The van der Waals surface area contributed by atoms with E-state index in [1.807, 2.05) is 23.8 Å². The average molecular weight is 184 g/mol. The number of nitrogens with two attached hydrogens (primary N) is 1. The standard InChI is InChI=1S/C8H12N2OS/c1-2-10-7(8(9)11)6-3-4-12-5-6/h3-5,7,10H,2H2,1H3,(H2,9,11). The zero-order chi connectivity index (χ0) is 8.97. The van der Waals surface area contributed by atoms with Crippen LogP contribution in [0.2, 0.25) is 0 Å². The van der Waals surface area contributed by atoms with E-state index in [2.05, 4.69) is 5.32 Å². The summed E-state index contributed by atoms with van der Waals surface area (Å²) in [4.78, 5) is 11.0. The van der Waals surface area contributed by atoms with Crippen LogP contribution in [0.4, 0.5) is 0 Å². The molecular weight excluding hydrogens is 172 g/mol. The molecule has 3 N–H and O–H groups in total. The highest BCUT2D eigenvalue weighted by Crippen LogP contribution is 2.15. The van der Waals surface area contributed by atoms with E-state index >= 15 is 0 Å². The second-order valence-corrected chi connectivity index (χ2v) is 3.23. The van der Waals surface area contributed by atoms with E-state index in [0.29, 0.717) is 0 Å². The summed E-state index contributed by atoms with van der Waals surface area (Å²) >= 11 is 1.56. The molecule has 1 unspecified atom stereocenters. The molecule has 1 heterocycles. The molecule has 1 aromatic rings. The van der Waals surface area contributed by atoms with Crippen molar-refractivity contribution in [2.45, 2.75) is 13.0 Å². The summed E-state index contributed by atoms with van der Waals surface area (Å²) < 4.78 is 0. The highest BCUT2D eigenvalue weighted by Gasteiger charge is 2.15. The van der Waals surface area contributed by atoms with Gasteiger partial charge in [0.05, 0.1) is 0 Å². The normalized spacial score (nSPS) is 12.8. The number of likely N-dealkylation sites (N-methyl/N-ethyl adjacent to an activating group) is 1. The van der Waals surface area contributed by atoms with Crippen molar-refractivity contribution in [2.75, 3.05) is 6.54 Å². The van der Waals surface area contributed by atoms with Crippen LogP contribution in [0.3, 0.4) is 0 Å². The third-order valence-electron chi connectivity index (χ3n) is 1.57. The zero-order valence-corrected chi connectivity index (χ0v) is 7.73. The molecule has 0 fully saturated rings. The minimum atomic E-state index is -0.332. The van der Waals surface area contributed by atoms with Crippen LogP contribution in [-0.2, 0) is 4.79 Å². The van der Waals surface area contributed by atoms with Crippen molar-refractivity contribution in [1.82, 2.24) is 5.32 Å². The van der Waals surface area contributed by atoms with E-state index in [4.69, 9.17) is 5.73 Å². The van der Waals surface area contributed by atoms with Crippen LogP contribution in [0, 0.1) is 0 Å². The Morgan fingerprint density at radius 3 is 3.00 bits per heavy atom. The molecule has 4 heteroatoms. The van der Waals surface area contributed by atoms with Crippen molar-refractivity contribution in [2.24, 2.45) is 5.73 Å². The second kappa shape index (κ2) is 4.23. The molecule has 0 saturated heterocycles. The lowest BCUT2D eigenvalue weighted by atomic mass is 10.1. The maximum Gasteiger partial charge on any atom is 0.239 e. The molecule has 0 spiro atoms. The summed E-state index contributed by atoms with van der Waals surface area (Å²) in [5.41, 5.74) is 6.17. The molecular formula is C8H12N2OS. The third kappa shape index (κ3) is 2.06. The molecule has 0 radical (unpaired) electrons. The summed E-state index contributed by atoms with van der Waals surface area (Å²) in [5.74, 6) is -0.324. The van der Waals surface area contributed by atoms with Crippen molar-refractivity contribution in [3.63, 3.8) is 0 Å². The maximum atomic E-state index is 11.0. The first kappa shape index (κ1) is 9.22. The number of hydrogen-bond donors (Lipinski definition) is 2. The predicted octanol–water partition coefficient (Wildman–Crippen LogP) is 0.884. The Morgan fingerprint density at radius 1 is 1.83 bits per heavy atom. The van der Waals surface area contributed by atoms with Crippen molar-refractivity contribution in [1.29, 1.82) is 0 Å². The van der Waals surface area contributed by atoms with Gasteiger partial charge in [-0.25, -0.2) is 0 Å². The Morgan fingerprint density at radius 2 is 2.58 bits per heavy atom. The molecule has 1 aromatic heterocycles. The molecule has 1 atom stereocenters. The summed E-state index contributed by atoms with van der Waals surface area (Å²) in [6.07, 6.45) is 0. The van der Waals surface area contributed by atoms with Crippen LogP contribution in [0.15, 0.2) is 16.8 Å².